The zero-order valence-corrected chi connectivity index (χ0v) is 8.47. The Morgan fingerprint density at radius 3 is 2.77 bits per heavy atom. The summed E-state index contributed by atoms with van der Waals surface area (Å²) in [6.07, 6.45) is 2.34. The number of carbonyl (C=O) groups excluding carboxylic acids is 1. The molecule has 0 heterocycles. The van der Waals surface area contributed by atoms with Crippen LogP contribution in [0, 0.1) is 11.3 Å². The van der Waals surface area contributed by atoms with E-state index in [2.05, 4.69) is 6.58 Å². The number of Topliss-reactive ketones (excluding diaryl/α,β-unsaturated/α-hetero) is 1. The molecular formula is C11H18O2. The molecule has 1 aliphatic rings. The maximum Gasteiger partial charge on any atom is 0.141 e. The van der Waals surface area contributed by atoms with Crippen LogP contribution in [-0.2, 0) is 4.79 Å². The van der Waals surface area contributed by atoms with Gasteiger partial charge in [0.15, 0.2) is 0 Å². The Morgan fingerprint density at radius 1 is 1.77 bits per heavy atom. The summed E-state index contributed by atoms with van der Waals surface area (Å²) in [7, 11) is 0. The van der Waals surface area contributed by atoms with E-state index in [-0.39, 0.29) is 12.4 Å². The molecule has 1 rings (SSSR count). The summed E-state index contributed by atoms with van der Waals surface area (Å²) in [5.74, 6) is 0.529. The van der Waals surface area contributed by atoms with Crippen LogP contribution in [0.2, 0.25) is 0 Å². The fourth-order valence-electron chi connectivity index (χ4n) is 1.79. The van der Waals surface area contributed by atoms with Crippen LogP contribution in [0.3, 0.4) is 0 Å². The standard InChI is InChI=1S/C11H18O2/c1-8(2)9-4-5-11(3,7-12)10(13)6-9/h9,12H,1,4-7H2,2-3H3/t9-,11-/m1/s1. The molecule has 0 aliphatic heterocycles. The fraction of sp³-hybridized carbons (Fsp3) is 0.727. The van der Waals surface area contributed by atoms with Crippen LogP contribution in [0.15, 0.2) is 12.2 Å². The number of rotatable bonds is 2. The number of hydrogen-bond donors (Lipinski definition) is 1. The molecule has 0 unspecified atom stereocenters. The molecule has 2 nitrogen and oxygen atoms in total. The Labute approximate surface area is 79.6 Å². The largest absolute Gasteiger partial charge is 0.395 e. The highest BCUT2D eigenvalue weighted by Crippen LogP contribution is 2.37. The Bertz CT molecular complexity index is 232. The van der Waals surface area contributed by atoms with E-state index in [1.807, 2.05) is 13.8 Å². The van der Waals surface area contributed by atoms with E-state index in [1.165, 1.54) is 0 Å². The number of allylic oxidation sites excluding steroid dienone is 1. The second-order valence-corrected chi connectivity index (χ2v) is 4.43. The van der Waals surface area contributed by atoms with E-state index in [0.717, 1.165) is 18.4 Å². The number of aliphatic hydroxyl groups excluding tert-OH is 1. The van der Waals surface area contributed by atoms with E-state index in [0.29, 0.717) is 12.3 Å². The van der Waals surface area contributed by atoms with Gasteiger partial charge in [0, 0.05) is 11.8 Å². The Balaban J connectivity index is 2.67. The molecule has 1 saturated carbocycles. The van der Waals surface area contributed by atoms with Crippen LogP contribution in [-0.4, -0.2) is 17.5 Å². The van der Waals surface area contributed by atoms with Gasteiger partial charge in [0.05, 0.1) is 6.61 Å². The lowest BCUT2D eigenvalue weighted by Crippen LogP contribution is -2.37. The molecule has 0 aromatic heterocycles. The molecule has 74 valence electrons. The van der Waals surface area contributed by atoms with Crippen molar-refractivity contribution in [2.45, 2.75) is 33.1 Å². The summed E-state index contributed by atoms with van der Waals surface area (Å²) >= 11 is 0. The first kappa shape index (κ1) is 10.5. The third-order valence-corrected chi connectivity index (χ3v) is 3.20. The monoisotopic (exact) mass is 182 g/mol. The third-order valence-electron chi connectivity index (χ3n) is 3.20. The Morgan fingerprint density at radius 2 is 2.38 bits per heavy atom. The molecule has 0 bridgehead atoms. The average molecular weight is 182 g/mol. The van der Waals surface area contributed by atoms with Crippen LogP contribution < -0.4 is 0 Å². The third kappa shape index (κ3) is 1.99. The SMILES string of the molecule is C=C(C)[C@@H]1CC[C@](C)(CO)C(=O)C1. The van der Waals surface area contributed by atoms with Gasteiger partial charge in [-0.3, -0.25) is 4.79 Å². The first-order valence-electron chi connectivity index (χ1n) is 4.79. The van der Waals surface area contributed by atoms with E-state index in [1.54, 1.807) is 0 Å². The van der Waals surface area contributed by atoms with Gasteiger partial charge in [-0.2, -0.15) is 0 Å². The van der Waals surface area contributed by atoms with E-state index >= 15 is 0 Å². The second-order valence-electron chi connectivity index (χ2n) is 4.43. The molecule has 0 aromatic rings. The van der Waals surface area contributed by atoms with Crippen molar-refractivity contribution < 1.29 is 9.90 Å². The summed E-state index contributed by atoms with van der Waals surface area (Å²) < 4.78 is 0. The minimum absolute atomic E-state index is 0.0191. The van der Waals surface area contributed by atoms with Gasteiger partial charge in [-0.1, -0.05) is 19.1 Å². The molecular weight excluding hydrogens is 164 g/mol. The molecule has 1 fully saturated rings. The lowest BCUT2D eigenvalue weighted by molar-refractivity contribution is -0.133. The lowest BCUT2D eigenvalue weighted by atomic mass is 9.70. The molecule has 1 N–H and O–H groups in total. The van der Waals surface area contributed by atoms with Gasteiger partial charge >= 0.3 is 0 Å². The zero-order chi connectivity index (χ0) is 10.1. The van der Waals surface area contributed by atoms with Gasteiger partial charge in [-0.15, -0.1) is 0 Å². The number of hydrogen-bond acceptors (Lipinski definition) is 2. The second kappa shape index (κ2) is 3.62. The van der Waals surface area contributed by atoms with E-state index in [4.69, 9.17) is 5.11 Å². The topological polar surface area (TPSA) is 37.3 Å². The predicted octanol–water partition coefficient (Wildman–Crippen LogP) is 1.93. The van der Waals surface area contributed by atoms with Gasteiger partial charge in [-0.25, -0.2) is 0 Å². The number of aliphatic hydroxyl groups is 1. The Hall–Kier alpha value is -0.630. The first-order valence-corrected chi connectivity index (χ1v) is 4.79. The Kier molecular flexibility index (Phi) is 2.91. The van der Waals surface area contributed by atoms with Gasteiger partial charge in [-0.05, 0) is 25.7 Å². The molecule has 0 amide bonds. The molecule has 0 radical (unpaired) electrons. The number of ketones is 1. The van der Waals surface area contributed by atoms with E-state index < -0.39 is 5.41 Å². The highest BCUT2D eigenvalue weighted by Gasteiger charge is 2.38. The van der Waals surface area contributed by atoms with Crippen molar-refractivity contribution >= 4 is 5.78 Å². The van der Waals surface area contributed by atoms with Gasteiger partial charge in [0.2, 0.25) is 0 Å². The lowest BCUT2D eigenvalue weighted by Gasteiger charge is -2.34. The highest BCUT2D eigenvalue weighted by atomic mass is 16.3. The summed E-state index contributed by atoms with van der Waals surface area (Å²) in [6.45, 7) is 7.68. The smallest absolute Gasteiger partial charge is 0.141 e. The maximum atomic E-state index is 11.7. The minimum Gasteiger partial charge on any atom is -0.395 e. The van der Waals surface area contributed by atoms with Crippen molar-refractivity contribution in [2.75, 3.05) is 6.61 Å². The van der Waals surface area contributed by atoms with Crippen LogP contribution in [0.4, 0.5) is 0 Å². The first-order chi connectivity index (χ1) is 5.99. The maximum absolute atomic E-state index is 11.7. The van der Waals surface area contributed by atoms with Gasteiger partial charge in [0.25, 0.3) is 0 Å². The van der Waals surface area contributed by atoms with Crippen molar-refractivity contribution in [2.24, 2.45) is 11.3 Å². The fourth-order valence-corrected chi connectivity index (χ4v) is 1.79. The number of carbonyl (C=O) groups is 1. The van der Waals surface area contributed by atoms with Crippen molar-refractivity contribution in [3.8, 4) is 0 Å². The van der Waals surface area contributed by atoms with Crippen LogP contribution >= 0.6 is 0 Å². The van der Waals surface area contributed by atoms with Crippen molar-refractivity contribution in [1.29, 1.82) is 0 Å². The van der Waals surface area contributed by atoms with Crippen molar-refractivity contribution in [3.63, 3.8) is 0 Å². The molecule has 0 aromatic carbocycles. The molecule has 2 heteroatoms. The predicted molar refractivity (Wildman–Crippen MR) is 52.4 cm³/mol. The molecule has 0 spiro atoms. The summed E-state index contributed by atoms with van der Waals surface area (Å²) in [5.41, 5.74) is 0.611. The van der Waals surface area contributed by atoms with E-state index in [9.17, 15) is 4.79 Å². The van der Waals surface area contributed by atoms with Crippen LogP contribution in [0.25, 0.3) is 0 Å². The van der Waals surface area contributed by atoms with Crippen LogP contribution in [0.5, 0.6) is 0 Å². The summed E-state index contributed by atoms with van der Waals surface area (Å²) in [5, 5.41) is 9.10. The normalized spacial score (nSPS) is 34.7. The van der Waals surface area contributed by atoms with Crippen LogP contribution in [0.1, 0.15) is 33.1 Å². The summed E-state index contributed by atoms with van der Waals surface area (Å²) in [6, 6.07) is 0. The van der Waals surface area contributed by atoms with Crippen molar-refractivity contribution in [3.05, 3.63) is 12.2 Å². The summed E-state index contributed by atoms with van der Waals surface area (Å²) in [4.78, 5) is 11.7. The van der Waals surface area contributed by atoms with Gasteiger partial charge in [0.1, 0.15) is 5.78 Å². The molecule has 1 aliphatic carbocycles. The quantitative estimate of drug-likeness (QED) is 0.662. The molecule has 0 saturated heterocycles. The highest BCUT2D eigenvalue weighted by molar-refractivity contribution is 5.85. The van der Waals surface area contributed by atoms with Crippen molar-refractivity contribution in [1.82, 2.24) is 0 Å². The average Bonchev–Trinajstić information content (AvgIpc) is 2.09. The van der Waals surface area contributed by atoms with Gasteiger partial charge < -0.3 is 5.11 Å². The molecule has 2 atom stereocenters. The zero-order valence-electron chi connectivity index (χ0n) is 8.47. The molecule has 13 heavy (non-hydrogen) atoms. The minimum atomic E-state index is -0.480.